The summed E-state index contributed by atoms with van der Waals surface area (Å²) in [5.41, 5.74) is 5.01. The lowest BCUT2D eigenvalue weighted by Gasteiger charge is -2.43. The number of carboxylic acid groups (broad SMARTS) is 1. The quantitative estimate of drug-likeness (QED) is 0.725. The SMILES string of the molecule is CC1(C)CCC(C)(C)c2c(CSC(=O)c3ccc(C(=O)O)cc3)cccc21. The van der Waals surface area contributed by atoms with Gasteiger partial charge in [-0.1, -0.05) is 57.7 Å². The number of rotatable bonds is 4. The molecule has 0 saturated carbocycles. The zero-order valence-electron chi connectivity index (χ0n) is 16.3. The fraction of sp³-hybridized carbons (Fsp3) is 0.391. The molecule has 0 spiro atoms. The van der Waals surface area contributed by atoms with Gasteiger partial charge in [-0.3, -0.25) is 4.79 Å². The number of hydrogen-bond donors (Lipinski definition) is 1. The van der Waals surface area contributed by atoms with E-state index in [2.05, 4.69) is 45.9 Å². The van der Waals surface area contributed by atoms with Gasteiger partial charge in [0.1, 0.15) is 0 Å². The molecule has 0 bridgehead atoms. The van der Waals surface area contributed by atoms with Gasteiger partial charge in [-0.25, -0.2) is 4.79 Å². The number of thioether (sulfide) groups is 1. The van der Waals surface area contributed by atoms with Crippen LogP contribution < -0.4 is 0 Å². The molecule has 2 aromatic carbocycles. The van der Waals surface area contributed by atoms with Crippen LogP contribution in [-0.2, 0) is 16.6 Å². The highest BCUT2D eigenvalue weighted by molar-refractivity contribution is 8.13. The van der Waals surface area contributed by atoms with Crippen molar-refractivity contribution in [3.05, 3.63) is 70.3 Å². The molecule has 1 aliphatic rings. The average molecular weight is 383 g/mol. The lowest BCUT2D eigenvalue weighted by molar-refractivity contribution is 0.0696. The Morgan fingerprint density at radius 3 is 2.15 bits per heavy atom. The standard InChI is InChI=1S/C23H26O3S/c1-22(2)12-13-23(3,4)19-17(6-5-7-18(19)22)14-27-21(26)16-10-8-15(9-11-16)20(24)25/h5-11H,12-14H2,1-4H3,(H,24,25). The Morgan fingerprint density at radius 2 is 1.52 bits per heavy atom. The molecular formula is C23H26O3S. The molecule has 0 fully saturated rings. The first kappa shape index (κ1) is 19.7. The average Bonchev–Trinajstić information content (AvgIpc) is 2.63. The van der Waals surface area contributed by atoms with Crippen LogP contribution in [0.2, 0.25) is 0 Å². The molecule has 1 aliphatic carbocycles. The second-order valence-electron chi connectivity index (χ2n) is 8.57. The largest absolute Gasteiger partial charge is 0.478 e. The van der Waals surface area contributed by atoms with Gasteiger partial charge in [0.2, 0.25) is 5.12 Å². The van der Waals surface area contributed by atoms with Gasteiger partial charge in [-0.15, -0.1) is 0 Å². The number of hydrogen-bond acceptors (Lipinski definition) is 3. The van der Waals surface area contributed by atoms with E-state index >= 15 is 0 Å². The van der Waals surface area contributed by atoms with Crippen LogP contribution in [0.15, 0.2) is 42.5 Å². The molecule has 142 valence electrons. The number of benzene rings is 2. The van der Waals surface area contributed by atoms with Gasteiger partial charge in [0.15, 0.2) is 0 Å². The molecule has 3 rings (SSSR count). The molecule has 2 aromatic rings. The summed E-state index contributed by atoms with van der Waals surface area (Å²) in [6.07, 6.45) is 2.30. The maximum Gasteiger partial charge on any atom is 0.335 e. The van der Waals surface area contributed by atoms with E-state index in [9.17, 15) is 9.59 Å². The first-order chi connectivity index (χ1) is 12.6. The Kier molecular flexibility index (Phi) is 5.22. The van der Waals surface area contributed by atoms with Crippen LogP contribution >= 0.6 is 11.8 Å². The van der Waals surface area contributed by atoms with Crippen molar-refractivity contribution in [1.82, 2.24) is 0 Å². The highest BCUT2D eigenvalue weighted by atomic mass is 32.2. The summed E-state index contributed by atoms with van der Waals surface area (Å²) in [5, 5.41) is 8.95. The molecule has 27 heavy (non-hydrogen) atoms. The minimum absolute atomic E-state index is 0.0302. The van der Waals surface area contributed by atoms with Gasteiger partial charge in [0.05, 0.1) is 5.56 Å². The van der Waals surface area contributed by atoms with Gasteiger partial charge in [0, 0.05) is 11.3 Å². The number of fused-ring (bicyclic) bond motifs is 1. The summed E-state index contributed by atoms with van der Waals surface area (Å²) in [4.78, 5) is 23.5. The monoisotopic (exact) mass is 382 g/mol. The zero-order chi connectivity index (χ0) is 19.8. The van der Waals surface area contributed by atoms with Crippen molar-refractivity contribution in [1.29, 1.82) is 0 Å². The molecule has 4 heteroatoms. The van der Waals surface area contributed by atoms with Crippen molar-refractivity contribution in [2.75, 3.05) is 0 Å². The number of aromatic carboxylic acids is 1. The van der Waals surface area contributed by atoms with E-state index in [1.54, 1.807) is 12.1 Å². The van der Waals surface area contributed by atoms with Crippen LogP contribution in [0.5, 0.6) is 0 Å². The van der Waals surface area contributed by atoms with E-state index in [0.717, 1.165) is 6.42 Å². The third kappa shape index (κ3) is 3.96. The molecule has 0 radical (unpaired) electrons. The molecular weight excluding hydrogens is 356 g/mol. The third-order valence-corrected chi connectivity index (χ3v) is 6.61. The summed E-state index contributed by atoms with van der Waals surface area (Å²) in [7, 11) is 0. The number of carbonyl (C=O) groups excluding carboxylic acids is 1. The van der Waals surface area contributed by atoms with Crippen molar-refractivity contribution in [3.63, 3.8) is 0 Å². The lowest BCUT2D eigenvalue weighted by atomic mass is 9.62. The summed E-state index contributed by atoms with van der Waals surface area (Å²) < 4.78 is 0. The predicted octanol–water partition coefficient (Wildman–Crippen LogP) is 5.81. The fourth-order valence-corrected chi connectivity index (χ4v) is 4.77. The van der Waals surface area contributed by atoms with E-state index in [0.29, 0.717) is 11.3 Å². The normalized spacial score (nSPS) is 17.2. The van der Waals surface area contributed by atoms with Crippen molar-refractivity contribution in [2.45, 2.75) is 57.1 Å². The number of carbonyl (C=O) groups is 2. The molecule has 0 saturated heterocycles. The maximum absolute atomic E-state index is 12.6. The van der Waals surface area contributed by atoms with Crippen LogP contribution in [-0.4, -0.2) is 16.2 Å². The minimum atomic E-state index is -0.984. The Labute approximate surface area is 165 Å². The first-order valence-electron chi connectivity index (χ1n) is 9.25. The van der Waals surface area contributed by atoms with E-state index in [4.69, 9.17) is 5.11 Å². The van der Waals surface area contributed by atoms with Crippen molar-refractivity contribution in [3.8, 4) is 0 Å². The fourth-order valence-electron chi connectivity index (χ4n) is 3.94. The second kappa shape index (κ2) is 7.16. The highest BCUT2D eigenvalue weighted by Crippen LogP contribution is 2.47. The summed E-state index contributed by atoms with van der Waals surface area (Å²) in [6.45, 7) is 9.18. The molecule has 0 aromatic heterocycles. The summed E-state index contributed by atoms with van der Waals surface area (Å²) in [6, 6.07) is 12.6. The molecule has 0 aliphatic heterocycles. The smallest absolute Gasteiger partial charge is 0.335 e. The minimum Gasteiger partial charge on any atom is -0.478 e. The van der Waals surface area contributed by atoms with Gasteiger partial charge in [-0.2, -0.15) is 0 Å². The van der Waals surface area contributed by atoms with E-state index in [1.807, 2.05) is 0 Å². The van der Waals surface area contributed by atoms with Crippen molar-refractivity contribution >= 4 is 22.8 Å². The number of carboxylic acids is 1. The van der Waals surface area contributed by atoms with Crippen molar-refractivity contribution < 1.29 is 14.7 Å². The highest BCUT2D eigenvalue weighted by Gasteiger charge is 2.38. The molecule has 0 atom stereocenters. The van der Waals surface area contributed by atoms with E-state index in [1.165, 1.54) is 47.0 Å². The van der Waals surface area contributed by atoms with Gasteiger partial charge in [0.25, 0.3) is 0 Å². The predicted molar refractivity (Wildman–Crippen MR) is 111 cm³/mol. The first-order valence-corrected chi connectivity index (χ1v) is 10.2. The van der Waals surface area contributed by atoms with Crippen LogP contribution in [0.4, 0.5) is 0 Å². The van der Waals surface area contributed by atoms with E-state index in [-0.39, 0.29) is 21.5 Å². The molecule has 3 nitrogen and oxygen atoms in total. The third-order valence-electron chi connectivity index (χ3n) is 5.66. The van der Waals surface area contributed by atoms with Crippen LogP contribution in [0, 0.1) is 0 Å². The Balaban J connectivity index is 1.83. The van der Waals surface area contributed by atoms with Crippen molar-refractivity contribution in [2.24, 2.45) is 0 Å². The molecule has 0 unspecified atom stereocenters. The molecule has 0 amide bonds. The van der Waals surface area contributed by atoms with Crippen LogP contribution in [0.3, 0.4) is 0 Å². The lowest BCUT2D eigenvalue weighted by Crippen LogP contribution is -2.34. The topological polar surface area (TPSA) is 54.4 Å². The van der Waals surface area contributed by atoms with Gasteiger partial charge < -0.3 is 5.11 Å². The maximum atomic E-state index is 12.6. The van der Waals surface area contributed by atoms with Crippen LogP contribution in [0.25, 0.3) is 0 Å². The Hall–Kier alpha value is -2.07. The van der Waals surface area contributed by atoms with Crippen LogP contribution in [0.1, 0.15) is 77.9 Å². The summed E-state index contributed by atoms with van der Waals surface area (Å²) in [5.74, 6) is -0.357. The molecule has 1 N–H and O–H groups in total. The Morgan fingerprint density at radius 1 is 0.926 bits per heavy atom. The van der Waals surface area contributed by atoms with Gasteiger partial charge in [-0.05, 0) is 64.6 Å². The van der Waals surface area contributed by atoms with Gasteiger partial charge >= 0.3 is 5.97 Å². The molecule has 0 heterocycles. The van der Waals surface area contributed by atoms with E-state index < -0.39 is 5.97 Å². The zero-order valence-corrected chi connectivity index (χ0v) is 17.2. The summed E-state index contributed by atoms with van der Waals surface area (Å²) >= 11 is 1.28. The Bertz CT molecular complexity index is 879. The second-order valence-corrected chi connectivity index (χ2v) is 9.51.